The van der Waals surface area contributed by atoms with Gasteiger partial charge in [-0.1, -0.05) is 74.5 Å². The molecule has 1 saturated heterocycles. The number of nitrogens with two attached hydrogens (primary N) is 4. The molecule has 0 aromatic heterocycles. The summed E-state index contributed by atoms with van der Waals surface area (Å²) in [6.45, 7) is 6.47. The third-order valence-electron chi connectivity index (χ3n) is 11.9. The third-order valence-corrected chi connectivity index (χ3v) is 11.9. The first kappa shape index (κ1) is 61.2. The number of carboxylic acids is 1. The van der Waals surface area contributed by atoms with Gasteiger partial charge in [-0.15, -0.1) is 0 Å². The van der Waals surface area contributed by atoms with Crippen molar-refractivity contribution in [2.45, 2.75) is 158 Å². The SMILES string of the molecule is CC(C)C[C@H](NC(=O)C[C@H](O)[C@H](Cc1ccccc1)NC(=O)[C@H](C)NC(=O)[C@H](CCC(N)=O)NC(=O)[C@H](Cc1ccccc1)NC(=O)[C@@H](N)[C@@H](C)O)C1N[C@H](C(=O)N[C@H](C=O)CCC(=O)O)[C@@H](CCN=C(N)N)O1. The van der Waals surface area contributed by atoms with Crippen molar-refractivity contribution in [3.63, 3.8) is 0 Å². The van der Waals surface area contributed by atoms with E-state index in [0.717, 1.165) is 0 Å². The van der Waals surface area contributed by atoms with E-state index in [0.29, 0.717) is 23.8 Å². The van der Waals surface area contributed by atoms with Crippen LogP contribution in [-0.4, -0.2) is 154 Å². The Hall–Kier alpha value is -7.06. The first-order chi connectivity index (χ1) is 35.0. The molecule has 3 rings (SSSR count). The second-order valence-electron chi connectivity index (χ2n) is 18.7. The van der Waals surface area contributed by atoms with E-state index in [1.807, 2.05) is 13.8 Å². The second-order valence-corrected chi connectivity index (χ2v) is 18.7. The molecule has 0 spiro atoms. The summed E-state index contributed by atoms with van der Waals surface area (Å²) >= 11 is 0. The lowest BCUT2D eigenvalue weighted by atomic mass is 9.97. The van der Waals surface area contributed by atoms with Gasteiger partial charge in [0, 0.05) is 25.8 Å². The Labute approximate surface area is 429 Å². The van der Waals surface area contributed by atoms with Crippen LogP contribution in [0, 0.1) is 5.92 Å². The number of carbonyl (C=O) groups excluding carboxylic acids is 8. The van der Waals surface area contributed by atoms with Gasteiger partial charge in [-0.05, 0) is 63.0 Å². The molecule has 1 unspecified atom stereocenters. The van der Waals surface area contributed by atoms with Crippen molar-refractivity contribution in [2.24, 2.45) is 33.8 Å². The highest BCUT2D eigenvalue weighted by molar-refractivity contribution is 5.95. The summed E-state index contributed by atoms with van der Waals surface area (Å²) in [6, 6.07) is 7.73. The number of nitrogens with one attached hydrogen (secondary N) is 7. The predicted molar refractivity (Wildman–Crippen MR) is 270 cm³/mol. The van der Waals surface area contributed by atoms with Crippen molar-refractivity contribution in [3.05, 3.63) is 71.8 Å². The molecule has 408 valence electrons. The van der Waals surface area contributed by atoms with Gasteiger partial charge < -0.3 is 79.7 Å². The number of carbonyl (C=O) groups is 9. The third kappa shape index (κ3) is 21.6. The maximum absolute atomic E-state index is 13.9. The Morgan fingerprint density at radius 3 is 1.89 bits per heavy atom. The Kier molecular flexibility index (Phi) is 25.5. The van der Waals surface area contributed by atoms with Crippen LogP contribution in [0.5, 0.6) is 0 Å². The monoisotopic (exact) mass is 1040 g/mol. The maximum Gasteiger partial charge on any atom is 0.303 e. The molecule has 1 fully saturated rings. The number of guanidine groups is 1. The van der Waals surface area contributed by atoms with Crippen LogP contribution < -0.4 is 60.2 Å². The topological polar surface area (TPSA) is 424 Å². The Morgan fingerprint density at radius 2 is 1.34 bits per heavy atom. The number of aldehydes is 1. The first-order valence-corrected chi connectivity index (χ1v) is 24.4. The van der Waals surface area contributed by atoms with Gasteiger partial charge in [-0.2, -0.15) is 0 Å². The van der Waals surface area contributed by atoms with Crippen molar-refractivity contribution in [2.75, 3.05) is 6.54 Å². The summed E-state index contributed by atoms with van der Waals surface area (Å²) in [5.41, 5.74) is 23.6. The number of aliphatic carboxylic acids is 1. The number of aliphatic hydroxyl groups is 2. The fourth-order valence-electron chi connectivity index (χ4n) is 7.90. The lowest BCUT2D eigenvalue weighted by Gasteiger charge is -2.29. The fraction of sp³-hybridized carbons (Fsp3) is 0.551. The van der Waals surface area contributed by atoms with Gasteiger partial charge in [0.25, 0.3) is 0 Å². The van der Waals surface area contributed by atoms with Crippen molar-refractivity contribution < 1.29 is 63.2 Å². The molecule has 0 radical (unpaired) electrons. The molecule has 1 heterocycles. The molecule has 74 heavy (non-hydrogen) atoms. The van der Waals surface area contributed by atoms with Crippen molar-refractivity contribution >= 4 is 59.6 Å². The van der Waals surface area contributed by atoms with Crippen LogP contribution in [0.1, 0.15) is 83.8 Å². The molecular weight excluding hydrogens is 965 g/mol. The normalized spacial score (nSPS) is 18.8. The highest BCUT2D eigenvalue weighted by Crippen LogP contribution is 2.23. The van der Waals surface area contributed by atoms with Gasteiger partial charge in [0.2, 0.25) is 41.4 Å². The van der Waals surface area contributed by atoms with E-state index in [2.05, 4.69) is 42.2 Å². The molecule has 0 aliphatic carbocycles. The standard InChI is InChI=1S/C49H74N12O13/c1-26(2)21-35(48-61-42(37(74-48)19-20-54-49(52)53)47(73)56-31(25-62)15-18-40(67)68)57-39(66)24-36(64)33(22-29-11-7-5-8-12-29)59-43(69)27(3)55-44(70)32(16-17-38(50)65)58-45(71)34(23-30-13-9-6-10-14-30)60-46(72)41(51)28(4)63/h5-14,25-28,31-37,41-42,48,61,63-64H,15-24,51H2,1-4H3,(H2,50,65)(H,55,70)(H,56,73)(H,57,66)(H,58,71)(H,59,69)(H,60,72)(H,67,68)(H4,52,53,54)/t27-,28+,31-,32-,33-,34-,35-,36-,37+,41-,42-,48?/m0/s1. The Bertz CT molecular complexity index is 2220. The number of benzene rings is 2. The predicted octanol–water partition coefficient (Wildman–Crippen LogP) is -3.42. The van der Waals surface area contributed by atoms with Gasteiger partial charge in [-0.25, -0.2) is 0 Å². The second kappa shape index (κ2) is 30.9. The van der Waals surface area contributed by atoms with Gasteiger partial charge in [0.05, 0.1) is 42.9 Å². The summed E-state index contributed by atoms with van der Waals surface area (Å²) in [5, 5.41) is 49.5. The molecule has 1 aliphatic rings. The first-order valence-electron chi connectivity index (χ1n) is 24.4. The quantitative estimate of drug-likeness (QED) is 0.0193. The summed E-state index contributed by atoms with van der Waals surface area (Å²) in [4.78, 5) is 121. The zero-order valence-electron chi connectivity index (χ0n) is 42.1. The molecule has 2 aromatic carbocycles. The van der Waals surface area contributed by atoms with Crippen LogP contribution >= 0.6 is 0 Å². The summed E-state index contributed by atoms with van der Waals surface area (Å²) < 4.78 is 6.28. The number of carboxylic acid groups (broad SMARTS) is 1. The molecule has 25 nitrogen and oxygen atoms in total. The average Bonchev–Trinajstić information content (AvgIpc) is 3.77. The van der Waals surface area contributed by atoms with Crippen LogP contribution in [0.15, 0.2) is 65.7 Å². The molecule has 0 saturated carbocycles. The zero-order chi connectivity index (χ0) is 55.1. The minimum absolute atomic E-state index is 0.0253. The number of rotatable bonds is 32. The van der Waals surface area contributed by atoms with Gasteiger partial charge in [0.1, 0.15) is 42.7 Å². The van der Waals surface area contributed by atoms with Gasteiger partial charge >= 0.3 is 5.97 Å². The summed E-state index contributed by atoms with van der Waals surface area (Å²) in [5.74, 6) is -6.90. The van der Waals surface area contributed by atoms with E-state index in [-0.39, 0.29) is 63.4 Å². The minimum atomic E-state index is -1.53. The number of primary amides is 1. The van der Waals surface area contributed by atoms with E-state index in [4.69, 9.17) is 32.8 Å². The van der Waals surface area contributed by atoms with Crippen molar-refractivity contribution in [3.8, 4) is 0 Å². The van der Waals surface area contributed by atoms with Crippen LogP contribution in [-0.2, 0) is 60.7 Å². The van der Waals surface area contributed by atoms with Crippen LogP contribution in [0.3, 0.4) is 0 Å². The molecule has 12 atom stereocenters. The van der Waals surface area contributed by atoms with Gasteiger partial charge in [-0.3, -0.25) is 48.7 Å². The highest BCUT2D eigenvalue weighted by Gasteiger charge is 2.43. The van der Waals surface area contributed by atoms with E-state index in [9.17, 15) is 53.4 Å². The average molecular weight is 1040 g/mol. The van der Waals surface area contributed by atoms with Crippen LogP contribution in [0.25, 0.3) is 0 Å². The molecule has 1 aliphatic heterocycles. The minimum Gasteiger partial charge on any atom is -0.481 e. The van der Waals surface area contributed by atoms with E-state index < -0.39 is 127 Å². The molecule has 18 N–H and O–H groups in total. The van der Waals surface area contributed by atoms with E-state index >= 15 is 0 Å². The molecular formula is C49H74N12O13. The van der Waals surface area contributed by atoms with Crippen molar-refractivity contribution in [1.82, 2.24) is 37.2 Å². The smallest absolute Gasteiger partial charge is 0.303 e. The highest BCUT2D eigenvalue weighted by atomic mass is 16.5. The van der Waals surface area contributed by atoms with Crippen LogP contribution in [0.4, 0.5) is 0 Å². The fourth-order valence-corrected chi connectivity index (χ4v) is 7.90. The number of aliphatic hydroxyl groups excluding tert-OH is 2. The van der Waals surface area contributed by atoms with Crippen molar-refractivity contribution in [1.29, 1.82) is 0 Å². The lowest BCUT2D eigenvalue weighted by molar-refractivity contribution is -0.137. The Balaban J connectivity index is 1.81. The molecule has 2 aromatic rings. The number of ether oxygens (including phenoxy) is 1. The largest absolute Gasteiger partial charge is 0.481 e. The maximum atomic E-state index is 13.9. The van der Waals surface area contributed by atoms with E-state index in [1.165, 1.54) is 13.8 Å². The van der Waals surface area contributed by atoms with E-state index in [1.54, 1.807) is 60.7 Å². The number of aliphatic imine (C=N–C) groups is 1. The van der Waals surface area contributed by atoms with Gasteiger partial charge in [0.15, 0.2) is 5.96 Å². The van der Waals surface area contributed by atoms with Crippen LogP contribution in [0.2, 0.25) is 0 Å². The summed E-state index contributed by atoms with van der Waals surface area (Å²) in [7, 11) is 0. The number of hydrogen-bond donors (Lipinski definition) is 14. The summed E-state index contributed by atoms with van der Waals surface area (Å²) in [6.07, 6.45) is -5.55. The molecule has 7 amide bonds. The zero-order valence-corrected chi connectivity index (χ0v) is 42.1. The Morgan fingerprint density at radius 1 is 0.743 bits per heavy atom. The number of hydrogen-bond acceptors (Lipinski definition) is 15. The lowest BCUT2D eigenvalue weighted by Crippen LogP contribution is -2.59. The molecule has 25 heteroatoms. The molecule has 0 bridgehead atoms. The number of nitrogens with zero attached hydrogens (tertiary/aromatic N) is 1. The number of amides is 7.